The molecule has 1 aliphatic heterocycles. The van der Waals surface area contributed by atoms with Gasteiger partial charge in [0.05, 0.1) is 23.5 Å². The molecule has 1 aliphatic rings. The van der Waals surface area contributed by atoms with E-state index in [0.29, 0.717) is 53.1 Å². The average molecular weight is 561 g/mol. The summed E-state index contributed by atoms with van der Waals surface area (Å²) in [5.74, 6) is -0.988. The third kappa shape index (κ3) is 6.71. The summed E-state index contributed by atoms with van der Waals surface area (Å²) in [5.41, 5.74) is 4.59. The second-order valence-electron chi connectivity index (χ2n) is 9.79. The van der Waals surface area contributed by atoms with Crippen LogP contribution in [0.3, 0.4) is 0 Å². The number of aromatic nitrogens is 2. The van der Waals surface area contributed by atoms with Crippen molar-refractivity contribution in [3.63, 3.8) is 0 Å². The van der Waals surface area contributed by atoms with E-state index in [1.165, 1.54) is 24.3 Å². The summed E-state index contributed by atoms with van der Waals surface area (Å²) >= 11 is 0. The summed E-state index contributed by atoms with van der Waals surface area (Å²) in [5, 5.41) is 2.85. The molecule has 2 aromatic carbocycles. The number of ether oxygens (including phenoxy) is 1. The molecule has 4 aromatic rings. The minimum absolute atomic E-state index is 0.0304. The number of pyridine rings is 2. The van der Waals surface area contributed by atoms with Gasteiger partial charge in [-0.05, 0) is 84.5 Å². The zero-order valence-electron chi connectivity index (χ0n) is 22.2. The Balaban J connectivity index is 1.26. The lowest BCUT2D eigenvalue weighted by molar-refractivity contribution is -0.274. The van der Waals surface area contributed by atoms with Crippen molar-refractivity contribution in [3.8, 4) is 16.9 Å². The number of nitrogens with one attached hydrogen (secondary N) is 1. The maximum atomic E-state index is 13.2. The van der Waals surface area contributed by atoms with E-state index in [9.17, 15) is 22.8 Å². The van der Waals surface area contributed by atoms with Crippen LogP contribution in [0.25, 0.3) is 11.1 Å². The van der Waals surface area contributed by atoms with Crippen molar-refractivity contribution in [1.82, 2.24) is 14.9 Å². The Morgan fingerprint density at radius 3 is 2.49 bits per heavy atom. The van der Waals surface area contributed by atoms with E-state index in [4.69, 9.17) is 0 Å². The van der Waals surface area contributed by atoms with E-state index in [1.807, 2.05) is 17.0 Å². The molecule has 41 heavy (non-hydrogen) atoms. The Kier molecular flexibility index (Phi) is 8.00. The molecule has 0 aliphatic carbocycles. The molecule has 1 saturated heterocycles. The first-order valence-corrected chi connectivity index (χ1v) is 13.1. The SMILES string of the molecule is Cc1c(C(=O)Nc2ccc(C3CCCN(Cc4ccncc4)C3=O)nc2)cccc1-c1ccc(OC(F)(F)F)cc1. The van der Waals surface area contributed by atoms with E-state index < -0.39 is 6.36 Å². The number of carbonyl (C=O) groups excluding carboxylic acids is 2. The summed E-state index contributed by atoms with van der Waals surface area (Å²) in [6.45, 7) is 2.99. The molecule has 2 aromatic heterocycles. The summed E-state index contributed by atoms with van der Waals surface area (Å²) in [6, 6.07) is 18.0. The second kappa shape index (κ2) is 11.8. The van der Waals surface area contributed by atoms with E-state index in [-0.39, 0.29) is 23.5 Å². The van der Waals surface area contributed by atoms with Gasteiger partial charge in [0.15, 0.2) is 0 Å². The smallest absolute Gasteiger partial charge is 0.406 e. The molecular formula is C31H27F3N4O3. The lowest BCUT2D eigenvalue weighted by Crippen LogP contribution is -2.39. The largest absolute Gasteiger partial charge is 0.573 e. The number of alkyl halides is 3. The van der Waals surface area contributed by atoms with Gasteiger partial charge in [-0.25, -0.2) is 0 Å². The number of anilines is 1. The highest BCUT2D eigenvalue weighted by Gasteiger charge is 2.32. The van der Waals surface area contributed by atoms with E-state index in [2.05, 4.69) is 20.0 Å². The highest BCUT2D eigenvalue weighted by atomic mass is 19.4. The molecule has 5 rings (SSSR count). The van der Waals surface area contributed by atoms with Gasteiger partial charge in [-0.3, -0.25) is 19.6 Å². The van der Waals surface area contributed by atoms with Crippen molar-refractivity contribution in [2.24, 2.45) is 0 Å². The number of amides is 2. The Morgan fingerprint density at radius 2 is 1.80 bits per heavy atom. The Morgan fingerprint density at radius 1 is 1.05 bits per heavy atom. The maximum Gasteiger partial charge on any atom is 0.573 e. The van der Waals surface area contributed by atoms with Crippen LogP contribution in [0, 0.1) is 6.92 Å². The minimum atomic E-state index is -4.77. The van der Waals surface area contributed by atoms with Gasteiger partial charge in [0, 0.05) is 31.0 Å². The van der Waals surface area contributed by atoms with Crippen molar-refractivity contribution in [1.29, 1.82) is 0 Å². The second-order valence-corrected chi connectivity index (χ2v) is 9.79. The molecule has 0 bridgehead atoms. The Hall–Kier alpha value is -4.73. The fourth-order valence-electron chi connectivity index (χ4n) is 4.99. The molecule has 1 N–H and O–H groups in total. The molecule has 1 atom stereocenters. The number of nitrogens with zero attached hydrogens (tertiary/aromatic N) is 3. The van der Waals surface area contributed by atoms with Crippen molar-refractivity contribution in [3.05, 3.63) is 108 Å². The Labute approximate surface area is 235 Å². The Bertz CT molecular complexity index is 1530. The van der Waals surface area contributed by atoms with Crippen molar-refractivity contribution in [2.75, 3.05) is 11.9 Å². The molecule has 1 fully saturated rings. The van der Waals surface area contributed by atoms with Gasteiger partial charge in [0.2, 0.25) is 5.91 Å². The van der Waals surface area contributed by atoms with Gasteiger partial charge >= 0.3 is 6.36 Å². The zero-order chi connectivity index (χ0) is 29.0. The number of hydrogen-bond acceptors (Lipinski definition) is 5. The van der Waals surface area contributed by atoms with E-state index >= 15 is 0 Å². The number of carbonyl (C=O) groups is 2. The molecule has 0 spiro atoms. The molecule has 210 valence electrons. The van der Waals surface area contributed by atoms with Crippen molar-refractivity contribution >= 4 is 17.5 Å². The van der Waals surface area contributed by atoms with Crippen LogP contribution in [0.5, 0.6) is 5.75 Å². The van der Waals surface area contributed by atoms with Crippen LogP contribution in [-0.4, -0.2) is 39.6 Å². The monoisotopic (exact) mass is 560 g/mol. The topological polar surface area (TPSA) is 84.4 Å². The maximum absolute atomic E-state index is 13.2. The fourth-order valence-corrected chi connectivity index (χ4v) is 4.99. The third-order valence-corrected chi connectivity index (χ3v) is 7.03. The van der Waals surface area contributed by atoms with Crippen LogP contribution in [0.1, 0.15) is 45.9 Å². The van der Waals surface area contributed by atoms with Gasteiger partial charge in [0.25, 0.3) is 5.91 Å². The first-order chi connectivity index (χ1) is 19.7. The number of benzene rings is 2. The normalized spacial score (nSPS) is 15.5. The van der Waals surface area contributed by atoms with Gasteiger partial charge in [-0.1, -0.05) is 24.3 Å². The van der Waals surface area contributed by atoms with Crippen molar-refractivity contribution in [2.45, 2.75) is 38.6 Å². The molecule has 1 unspecified atom stereocenters. The summed E-state index contributed by atoms with van der Waals surface area (Å²) < 4.78 is 41.4. The van der Waals surface area contributed by atoms with Crippen LogP contribution in [0.2, 0.25) is 0 Å². The average Bonchev–Trinajstić information content (AvgIpc) is 2.95. The lowest BCUT2D eigenvalue weighted by atomic mass is 9.93. The molecule has 2 amide bonds. The van der Waals surface area contributed by atoms with Gasteiger partial charge < -0.3 is 15.0 Å². The van der Waals surface area contributed by atoms with Crippen LogP contribution < -0.4 is 10.1 Å². The van der Waals surface area contributed by atoms with Crippen LogP contribution in [0.15, 0.2) is 85.3 Å². The zero-order valence-corrected chi connectivity index (χ0v) is 22.2. The van der Waals surface area contributed by atoms with Gasteiger partial charge in [-0.15, -0.1) is 13.2 Å². The van der Waals surface area contributed by atoms with Gasteiger partial charge in [0.1, 0.15) is 5.75 Å². The molecule has 0 saturated carbocycles. The van der Waals surface area contributed by atoms with Crippen LogP contribution >= 0.6 is 0 Å². The quantitative estimate of drug-likeness (QED) is 0.279. The molecule has 0 radical (unpaired) electrons. The van der Waals surface area contributed by atoms with Crippen LogP contribution in [-0.2, 0) is 11.3 Å². The predicted molar refractivity (Wildman–Crippen MR) is 147 cm³/mol. The lowest BCUT2D eigenvalue weighted by Gasteiger charge is -2.32. The highest BCUT2D eigenvalue weighted by Crippen LogP contribution is 2.31. The summed E-state index contributed by atoms with van der Waals surface area (Å²) in [4.78, 5) is 36.7. The summed E-state index contributed by atoms with van der Waals surface area (Å²) in [7, 11) is 0. The van der Waals surface area contributed by atoms with Crippen molar-refractivity contribution < 1.29 is 27.5 Å². The minimum Gasteiger partial charge on any atom is -0.406 e. The summed E-state index contributed by atoms with van der Waals surface area (Å²) in [6.07, 6.45) is 1.77. The molecular weight excluding hydrogens is 533 g/mol. The third-order valence-electron chi connectivity index (χ3n) is 7.03. The highest BCUT2D eigenvalue weighted by molar-refractivity contribution is 6.06. The predicted octanol–water partition coefficient (Wildman–Crippen LogP) is 6.51. The molecule has 7 nitrogen and oxygen atoms in total. The number of piperidine rings is 1. The van der Waals surface area contributed by atoms with Gasteiger partial charge in [-0.2, -0.15) is 0 Å². The molecule has 3 heterocycles. The number of hydrogen-bond donors (Lipinski definition) is 1. The van der Waals surface area contributed by atoms with E-state index in [1.54, 1.807) is 55.8 Å². The molecule has 10 heteroatoms. The first-order valence-electron chi connectivity index (χ1n) is 13.1. The number of likely N-dealkylation sites (tertiary alicyclic amines) is 1. The standard InChI is InChI=1S/C31H27F3N4O3/c1-20-25(22-7-10-24(11-8-22)41-31(32,33)34)4-2-5-26(20)29(39)37-23-9-12-28(36-18-23)27-6-3-17-38(30(27)40)19-21-13-15-35-16-14-21/h2,4-5,7-16,18,27H,3,6,17,19H2,1H3,(H,37,39). The van der Waals surface area contributed by atoms with E-state index in [0.717, 1.165) is 12.0 Å². The fraction of sp³-hybridized carbons (Fsp3) is 0.226. The number of halogens is 3. The first kappa shape index (κ1) is 27.8. The van der Waals surface area contributed by atoms with Crippen LogP contribution in [0.4, 0.5) is 18.9 Å². The number of rotatable bonds is 7.